The van der Waals surface area contributed by atoms with Crippen LogP contribution in [0.2, 0.25) is 0 Å². The number of hydrogen-bond acceptors (Lipinski definition) is 5. The maximum atomic E-state index is 5.03. The maximum Gasteiger partial charge on any atom is 0.262 e. The second kappa shape index (κ2) is 4.92. The van der Waals surface area contributed by atoms with Crippen molar-refractivity contribution in [2.75, 3.05) is 11.9 Å². The summed E-state index contributed by atoms with van der Waals surface area (Å²) in [6.45, 7) is 3.32. The molecule has 1 aliphatic rings. The zero-order chi connectivity index (χ0) is 12.4. The second-order valence-corrected chi connectivity index (χ2v) is 5.17. The number of aromatic nitrogens is 3. The van der Waals surface area contributed by atoms with Gasteiger partial charge in [-0.05, 0) is 18.3 Å². The van der Waals surface area contributed by atoms with Gasteiger partial charge in [0.1, 0.15) is 17.5 Å². The molecule has 5 heteroatoms. The first-order valence-electron chi connectivity index (χ1n) is 6.64. The fourth-order valence-corrected chi connectivity index (χ4v) is 2.76. The third kappa shape index (κ3) is 2.17. The Hall–Kier alpha value is -1.65. The molecule has 5 nitrogen and oxygen atoms in total. The third-order valence-electron chi connectivity index (χ3n) is 3.99. The Morgan fingerprint density at radius 3 is 3.11 bits per heavy atom. The van der Waals surface area contributed by atoms with Gasteiger partial charge in [0.25, 0.3) is 5.71 Å². The van der Waals surface area contributed by atoms with Crippen molar-refractivity contribution in [3.05, 3.63) is 12.5 Å². The van der Waals surface area contributed by atoms with Crippen LogP contribution in [0.15, 0.2) is 17.0 Å². The molecule has 0 radical (unpaired) electrons. The van der Waals surface area contributed by atoms with Crippen LogP contribution in [-0.2, 0) is 0 Å². The third-order valence-corrected chi connectivity index (χ3v) is 3.99. The van der Waals surface area contributed by atoms with Gasteiger partial charge in [-0.15, -0.1) is 0 Å². The van der Waals surface area contributed by atoms with Crippen LogP contribution >= 0.6 is 0 Å². The van der Waals surface area contributed by atoms with Crippen LogP contribution in [0.25, 0.3) is 11.1 Å². The van der Waals surface area contributed by atoms with Crippen LogP contribution < -0.4 is 5.32 Å². The van der Waals surface area contributed by atoms with E-state index < -0.39 is 0 Å². The van der Waals surface area contributed by atoms with Crippen molar-refractivity contribution in [2.45, 2.75) is 32.6 Å². The lowest BCUT2D eigenvalue weighted by Gasteiger charge is -2.28. The molecule has 2 atom stereocenters. The van der Waals surface area contributed by atoms with Crippen LogP contribution in [0.4, 0.5) is 5.82 Å². The van der Waals surface area contributed by atoms with Crippen molar-refractivity contribution < 1.29 is 4.52 Å². The average molecular weight is 246 g/mol. The topological polar surface area (TPSA) is 63.8 Å². The molecule has 3 rings (SSSR count). The van der Waals surface area contributed by atoms with E-state index in [9.17, 15) is 0 Å². The van der Waals surface area contributed by atoms with E-state index in [1.54, 1.807) is 6.20 Å². The molecule has 0 aromatic carbocycles. The summed E-state index contributed by atoms with van der Waals surface area (Å²) >= 11 is 0. The summed E-state index contributed by atoms with van der Waals surface area (Å²) in [4.78, 5) is 8.30. The van der Waals surface area contributed by atoms with E-state index in [4.69, 9.17) is 4.52 Å². The molecule has 0 aliphatic heterocycles. The second-order valence-electron chi connectivity index (χ2n) is 5.17. The Labute approximate surface area is 106 Å². The highest BCUT2D eigenvalue weighted by atomic mass is 16.5. The van der Waals surface area contributed by atoms with Crippen molar-refractivity contribution in [3.63, 3.8) is 0 Å². The molecule has 0 bridgehead atoms. The molecule has 1 fully saturated rings. The standard InChI is InChI=1S/C13H18N4O/c1-9-4-2-3-5-10(9)6-14-12-11-7-17-18-13(11)16-8-15-12/h7-10H,2-6H2,1H3,(H,14,15,16)/t9-,10-/m0/s1. The molecular weight excluding hydrogens is 228 g/mol. The van der Waals surface area contributed by atoms with E-state index in [0.29, 0.717) is 5.71 Å². The molecule has 0 amide bonds. The van der Waals surface area contributed by atoms with Gasteiger partial charge >= 0.3 is 0 Å². The molecule has 0 unspecified atom stereocenters. The average Bonchev–Trinajstić information content (AvgIpc) is 2.86. The Kier molecular flexibility index (Phi) is 3.13. The lowest BCUT2D eigenvalue weighted by molar-refractivity contribution is 0.268. The van der Waals surface area contributed by atoms with Gasteiger partial charge in [-0.2, -0.15) is 4.98 Å². The number of fused-ring (bicyclic) bond motifs is 1. The molecule has 0 saturated heterocycles. The van der Waals surface area contributed by atoms with Crippen molar-refractivity contribution in [2.24, 2.45) is 11.8 Å². The zero-order valence-electron chi connectivity index (χ0n) is 10.6. The van der Waals surface area contributed by atoms with E-state index >= 15 is 0 Å². The molecule has 2 aromatic heterocycles. The Morgan fingerprint density at radius 1 is 1.33 bits per heavy atom. The smallest absolute Gasteiger partial charge is 0.262 e. The number of rotatable bonds is 3. The summed E-state index contributed by atoms with van der Waals surface area (Å²) in [5, 5.41) is 8.04. The van der Waals surface area contributed by atoms with Gasteiger partial charge in [-0.1, -0.05) is 31.3 Å². The quantitative estimate of drug-likeness (QED) is 0.902. The largest absolute Gasteiger partial charge is 0.369 e. The zero-order valence-corrected chi connectivity index (χ0v) is 10.6. The van der Waals surface area contributed by atoms with Crippen LogP contribution in [0.5, 0.6) is 0 Å². The van der Waals surface area contributed by atoms with Crippen molar-refractivity contribution in [1.29, 1.82) is 0 Å². The molecule has 18 heavy (non-hydrogen) atoms. The molecule has 96 valence electrons. The van der Waals surface area contributed by atoms with Gasteiger partial charge in [0.05, 0.1) is 6.20 Å². The van der Waals surface area contributed by atoms with Gasteiger partial charge in [0.15, 0.2) is 0 Å². The summed E-state index contributed by atoms with van der Waals surface area (Å²) in [6.07, 6.45) is 8.57. The summed E-state index contributed by atoms with van der Waals surface area (Å²) in [5.41, 5.74) is 0.546. The molecular formula is C13H18N4O. The van der Waals surface area contributed by atoms with Crippen molar-refractivity contribution in [3.8, 4) is 0 Å². The SMILES string of the molecule is C[C@H]1CCCC[C@H]1CNc1ncnc2oncc12. The summed E-state index contributed by atoms with van der Waals surface area (Å²) < 4.78 is 5.03. The van der Waals surface area contributed by atoms with E-state index in [1.165, 1.54) is 32.0 Å². The lowest BCUT2D eigenvalue weighted by atomic mass is 9.80. The Morgan fingerprint density at radius 2 is 2.22 bits per heavy atom. The first kappa shape index (κ1) is 11.4. The Bertz CT molecular complexity index is 524. The molecule has 1 N–H and O–H groups in total. The van der Waals surface area contributed by atoms with Crippen LogP contribution in [0, 0.1) is 11.8 Å². The van der Waals surface area contributed by atoms with Gasteiger partial charge in [-0.3, -0.25) is 0 Å². The van der Waals surface area contributed by atoms with E-state index in [2.05, 4.69) is 27.4 Å². The highest BCUT2D eigenvalue weighted by molar-refractivity contribution is 5.84. The van der Waals surface area contributed by atoms with Crippen LogP contribution in [-0.4, -0.2) is 21.7 Å². The van der Waals surface area contributed by atoms with Gasteiger partial charge in [0.2, 0.25) is 0 Å². The van der Waals surface area contributed by atoms with Gasteiger partial charge < -0.3 is 9.84 Å². The number of anilines is 1. The van der Waals surface area contributed by atoms with Crippen LogP contribution in [0.3, 0.4) is 0 Å². The first-order valence-corrected chi connectivity index (χ1v) is 6.64. The van der Waals surface area contributed by atoms with Crippen LogP contribution in [0.1, 0.15) is 32.6 Å². The minimum absolute atomic E-state index is 0.546. The van der Waals surface area contributed by atoms with E-state index in [-0.39, 0.29) is 0 Å². The predicted octanol–water partition coefficient (Wildman–Crippen LogP) is 2.86. The fraction of sp³-hybridized carbons (Fsp3) is 0.615. The highest BCUT2D eigenvalue weighted by Crippen LogP contribution is 2.30. The van der Waals surface area contributed by atoms with Gasteiger partial charge in [0, 0.05) is 6.54 Å². The highest BCUT2D eigenvalue weighted by Gasteiger charge is 2.21. The number of nitrogens with zero attached hydrogens (tertiary/aromatic N) is 3. The van der Waals surface area contributed by atoms with Gasteiger partial charge in [-0.25, -0.2) is 4.98 Å². The summed E-state index contributed by atoms with van der Waals surface area (Å²) in [7, 11) is 0. The molecule has 1 aliphatic carbocycles. The van der Waals surface area contributed by atoms with E-state index in [0.717, 1.165) is 29.6 Å². The first-order chi connectivity index (χ1) is 8.84. The summed E-state index contributed by atoms with van der Waals surface area (Å²) in [6, 6.07) is 0. The maximum absolute atomic E-state index is 5.03. The molecule has 2 aromatic rings. The Balaban J connectivity index is 1.71. The molecule has 1 saturated carbocycles. The van der Waals surface area contributed by atoms with Crippen molar-refractivity contribution >= 4 is 16.9 Å². The minimum Gasteiger partial charge on any atom is -0.369 e. The summed E-state index contributed by atoms with van der Waals surface area (Å²) in [5.74, 6) is 2.37. The van der Waals surface area contributed by atoms with E-state index in [1.807, 2.05) is 0 Å². The number of hydrogen-bond donors (Lipinski definition) is 1. The normalized spacial score (nSPS) is 24.3. The molecule has 0 spiro atoms. The number of nitrogens with one attached hydrogen (secondary N) is 1. The molecule has 2 heterocycles. The monoisotopic (exact) mass is 246 g/mol. The van der Waals surface area contributed by atoms with Crippen molar-refractivity contribution in [1.82, 2.24) is 15.1 Å². The minimum atomic E-state index is 0.546. The lowest BCUT2D eigenvalue weighted by Crippen LogP contribution is -2.24. The fourth-order valence-electron chi connectivity index (χ4n) is 2.76. The predicted molar refractivity (Wildman–Crippen MR) is 69.2 cm³/mol.